The maximum Gasteiger partial charge on any atom is 0.314 e. The van der Waals surface area contributed by atoms with E-state index in [1.54, 1.807) is 14.0 Å². The summed E-state index contributed by atoms with van der Waals surface area (Å²) in [5, 5.41) is 14.0. The van der Waals surface area contributed by atoms with Crippen molar-refractivity contribution < 1.29 is 14.6 Å². The highest BCUT2D eigenvalue weighted by Crippen LogP contribution is 1.78. The van der Waals surface area contributed by atoms with E-state index in [1.807, 2.05) is 0 Å². The first-order valence-corrected chi connectivity index (χ1v) is 4.35. The lowest BCUT2D eigenvalue weighted by molar-refractivity contribution is 0.184. The molecule has 0 spiro atoms. The smallest absolute Gasteiger partial charge is 0.314 e. The number of aliphatic hydroxyl groups excluding tert-OH is 1. The van der Waals surface area contributed by atoms with Gasteiger partial charge < -0.3 is 20.5 Å². The molecule has 78 valence electrons. The van der Waals surface area contributed by atoms with Crippen molar-refractivity contribution in [1.82, 2.24) is 10.6 Å². The Hall–Kier alpha value is -0.810. The zero-order valence-corrected chi connectivity index (χ0v) is 8.17. The Bertz CT molecular complexity index is 139. The topological polar surface area (TPSA) is 70.6 Å². The van der Waals surface area contributed by atoms with Gasteiger partial charge in [0.25, 0.3) is 0 Å². The van der Waals surface area contributed by atoms with E-state index < -0.39 is 6.10 Å². The molecule has 0 saturated heterocycles. The highest BCUT2D eigenvalue weighted by Gasteiger charge is 2.00. The van der Waals surface area contributed by atoms with E-state index in [4.69, 9.17) is 9.84 Å². The summed E-state index contributed by atoms with van der Waals surface area (Å²) in [7, 11) is 1.62. The molecule has 0 bridgehead atoms. The summed E-state index contributed by atoms with van der Waals surface area (Å²) in [6, 6.07) is -0.253. The molecule has 0 aliphatic heterocycles. The molecule has 3 N–H and O–H groups in total. The molecule has 0 aliphatic rings. The third-order valence-corrected chi connectivity index (χ3v) is 1.37. The van der Waals surface area contributed by atoms with Gasteiger partial charge in [-0.2, -0.15) is 0 Å². The number of carbonyl (C=O) groups excluding carboxylic acids is 1. The van der Waals surface area contributed by atoms with Crippen molar-refractivity contribution in [2.75, 3.05) is 26.8 Å². The Morgan fingerprint density at radius 1 is 1.54 bits per heavy atom. The van der Waals surface area contributed by atoms with E-state index in [-0.39, 0.29) is 12.6 Å². The van der Waals surface area contributed by atoms with Crippen LogP contribution in [0.4, 0.5) is 4.79 Å². The Morgan fingerprint density at radius 2 is 2.23 bits per heavy atom. The lowest BCUT2D eigenvalue weighted by Crippen LogP contribution is -2.39. The van der Waals surface area contributed by atoms with Crippen molar-refractivity contribution >= 4 is 6.03 Å². The molecule has 0 saturated carbocycles. The lowest BCUT2D eigenvalue weighted by Gasteiger charge is -2.08. The van der Waals surface area contributed by atoms with Crippen LogP contribution < -0.4 is 10.6 Å². The number of rotatable bonds is 6. The van der Waals surface area contributed by atoms with Crippen LogP contribution >= 0.6 is 0 Å². The maximum atomic E-state index is 10.9. The van der Waals surface area contributed by atoms with Crippen LogP contribution in [-0.4, -0.2) is 44.0 Å². The van der Waals surface area contributed by atoms with Crippen LogP contribution in [0.15, 0.2) is 0 Å². The van der Waals surface area contributed by atoms with Crippen LogP contribution in [0.3, 0.4) is 0 Å². The summed E-state index contributed by atoms with van der Waals surface area (Å²) in [4.78, 5) is 10.9. The number of nitrogens with one attached hydrogen (secondary N) is 2. The van der Waals surface area contributed by atoms with Gasteiger partial charge in [0.15, 0.2) is 0 Å². The molecule has 0 aromatic rings. The van der Waals surface area contributed by atoms with Crippen LogP contribution in [0.2, 0.25) is 0 Å². The van der Waals surface area contributed by atoms with Gasteiger partial charge in [0.2, 0.25) is 0 Å². The zero-order chi connectivity index (χ0) is 10.1. The summed E-state index contributed by atoms with van der Waals surface area (Å²) in [6.45, 7) is 3.11. The zero-order valence-electron chi connectivity index (χ0n) is 8.17. The first kappa shape index (κ1) is 12.2. The molecule has 0 aromatic heterocycles. The fourth-order valence-electron chi connectivity index (χ4n) is 0.721. The van der Waals surface area contributed by atoms with Gasteiger partial charge in [0.1, 0.15) is 0 Å². The van der Waals surface area contributed by atoms with Crippen molar-refractivity contribution in [2.45, 2.75) is 19.4 Å². The van der Waals surface area contributed by atoms with E-state index in [0.29, 0.717) is 13.2 Å². The predicted octanol–water partition coefficient (Wildman–Crippen LogP) is -0.297. The average Bonchev–Trinajstić information content (AvgIpc) is 2.09. The monoisotopic (exact) mass is 190 g/mol. The first-order valence-electron chi connectivity index (χ1n) is 4.35. The predicted molar refractivity (Wildman–Crippen MR) is 49.6 cm³/mol. The van der Waals surface area contributed by atoms with Crippen molar-refractivity contribution in [3.05, 3.63) is 0 Å². The van der Waals surface area contributed by atoms with E-state index in [9.17, 15) is 4.79 Å². The third kappa shape index (κ3) is 9.10. The van der Waals surface area contributed by atoms with E-state index >= 15 is 0 Å². The minimum absolute atomic E-state index is 0.253. The van der Waals surface area contributed by atoms with Crippen LogP contribution in [0.1, 0.15) is 13.3 Å². The third-order valence-electron chi connectivity index (χ3n) is 1.37. The van der Waals surface area contributed by atoms with Gasteiger partial charge >= 0.3 is 6.03 Å². The van der Waals surface area contributed by atoms with E-state index in [2.05, 4.69) is 10.6 Å². The van der Waals surface area contributed by atoms with Gasteiger partial charge in [0.05, 0.1) is 6.10 Å². The number of carbonyl (C=O) groups is 1. The summed E-state index contributed by atoms with van der Waals surface area (Å²) >= 11 is 0. The fourth-order valence-corrected chi connectivity index (χ4v) is 0.721. The van der Waals surface area contributed by atoms with Gasteiger partial charge in [-0.15, -0.1) is 0 Å². The molecule has 0 radical (unpaired) electrons. The molecule has 1 unspecified atom stereocenters. The molecule has 5 heteroatoms. The molecule has 0 fully saturated rings. The molecule has 0 rings (SSSR count). The average molecular weight is 190 g/mol. The van der Waals surface area contributed by atoms with Crippen molar-refractivity contribution in [3.63, 3.8) is 0 Å². The number of urea groups is 1. The molecule has 0 aromatic carbocycles. The molecule has 1 atom stereocenters. The van der Waals surface area contributed by atoms with Crippen molar-refractivity contribution in [1.29, 1.82) is 0 Å². The number of hydrogen-bond acceptors (Lipinski definition) is 3. The first-order chi connectivity index (χ1) is 6.16. The molecule has 5 nitrogen and oxygen atoms in total. The Morgan fingerprint density at radius 3 is 2.77 bits per heavy atom. The minimum Gasteiger partial charge on any atom is -0.392 e. The second-order valence-electron chi connectivity index (χ2n) is 2.83. The van der Waals surface area contributed by atoms with E-state index in [0.717, 1.165) is 6.42 Å². The van der Waals surface area contributed by atoms with Crippen molar-refractivity contribution in [3.8, 4) is 0 Å². The second kappa shape index (κ2) is 7.82. The Labute approximate surface area is 78.5 Å². The summed E-state index contributed by atoms with van der Waals surface area (Å²) < 4.78 is 4.81. The van der Waals surface area contributed by atoms with Crippen LogP contribution in [0, 0.1) is 0 Å². The summed E-state index contributed by atoms with van der Waals surface area (Å²) in [5.41, 5.74) is 0. The molecule has 2 amide bonds. The number of hydrogen-bond donors (Lipinski definition) is 3. The number of amides is 2. The van der Waals surface area contributed by atoms with Crippen molar-refractivity contribution in [2.24, 2.45) is 0 Å². The molecular weight excluding hydrogens is 172 g/mol. The standard InChI is InChI=1S/C8H18N2O3/c1-7(11)6-10-8(12)9-4-3-5-13-2/h7,11H,3-6H2,1-2H3,(H2,9,10,12). The normalized spacial score (nSPS) is 12.2. The van der Waals surface area contributed by atoms with Crippen LogP contribution in [0.5, 0.6) is 0 Å². The Balaban J connectivity index is 3.20. The fraction of sp³-hybridized carbons (Fsp3) is 0.875. The van der Waals surface area contributed by atoms with E-state index in [1.165, 1.54) is 0 Å². The quantitative estimate of drug-likeness (QED) is 0.504. The van der Waals surface area contributed by atoms with Crippen LogP contribution in [0.25, 0.3) is 0 Å². The summed E-state index contributed by atoms with van der Waals surface area (Å²) in [6.07, 6.45) is 0.281. The molecule has 13 heavy (non-hydrogen) atoms. The Kier molecular flexibility index (Phi) is 7.33. The molecular formula is C8H18N2O3. The lowest BCUT2D eigenvalue weighted by atomic mass is 10.4. The molecule has 0 heterocycles. The number of aliphatic hydroxyl groups is 1. The van der Waals surface area contributed by atoms with Crippen LogP contribution in [-0.2, 0) is 4.74 Å². The second-order valence-corrected chi connectivity index (χ2v) is 2.83. The highest BCUT2D eigenvalue weighted by molar-refractivity contribution is 5.73. The highest BCUT2D eigenvalue weighted by atomic mass is 16.5. The molecule has 0 aliphatic carbocycles. The number of methoxy groups -OCH3 is 1. The van der Waals surface area contributed by atoms with Gasteiger partial charge in [-0.1, -0.05) is 0 Å². The maximum absolute atomic E-state index is 10.9. The van der Waals surface area contributed by atoms with Gasteiger partial charge in [-0.3, -0.25) is 0 Å². The summed E-state index contributed by atoms with van der Waals surface area (Å²) in [5.74, 6) is 0. The van der Waals surface area contributed by atoms with Gasteiger partial charge in [-0.05, 0) is 13.3 Å². The van der Waals surface area contributed by atoms with Gasteiger partial charge in [0, 0.05) is 26.8 Å². The largest absolute Gasteiger partial charge is 0.392 e. The SMILES string of the molecule is COCCCNC(=O)NCC(C)O. The minimum atomic E-state index is -0.510. The number of ether oxygens (including phenoxy) is 1. The van der Waals surface area contributed by atoms with Gasteiger partial charge in [-0.25, -0.2) is 4.79 Å².